The van der Waals surface area contributed by atoms with Gasteiger partial charge >= 0.3 is 0 Å². The molecule has 0 unspecified atom stereocenters. The fourth-order valence-corrected chi connectivity index (χ4v) is 2.44. The molecule has 0 aromatic heterocycles. The molecule has 3 nitrogen and oxygen atoms in total. The Balaban J connectivity index is 2.11. The van der Waals surface area contributed by atoms with Crippen LogP contribution in [0.15, 0.2) is 46.9 Å². The van der Waals surface area contributed by atoms with Gasteiger partial charge in [-0.05, 0) is 42.5 Å². The van der Waals surface area contributed by atoms with Crippen molar-refractivity contribution in [1.82, 2.24) is 0 Å². The molecule has 0 aliphatic heterocycles. The summed E-state index contributed by atoms with van der Waals surface area (Å²) in [4.78, 5) is 11.9. The molecule has 0 atom stereocenters. The van der Waals surface area contributed by atoms with Gasteiger partial charge in [0.05, 0.1) is 17.2 Å². The Kier molecular flexibility index (Phi) is 5.89. The molecule has 114 valence electrons. The SMILES string of the molecule is COc1ccc(Br)cc1/C=C/C(=O)Nc1ccc(Cl)c(Cl)c1. The molecular formula is C16H12BrCl2NO2. The summed E-state index contributed by atoms with van der Waals surface area (Å²) in [5, 5.41) is 3.54. The maximum Gasteiger partial charge on any atom is 0.248 e. The molecule has 1 amide bonds. The third-order valence-electron chi connectivity index (χ3n) is 2.79. The third kappa shape index (κ3) is 4.50. The van der Waals surface area contributed by atoms with Crippen LogP contribution in [0.2, 0.25) is 10.0 Å². The van der Waals surface area contributed by atoms with Gasteiger partial charge in [0.25, 0.3) is 0 Å². The summed E-state index contributed by atoms with van der Waals surface area (Å²) in [5.41, 5.74) is 1.37. The zero-order chi connectivity index (χ0) is 16.1. The summed E-state index contributed by atoms with van der Waals surface area (Å²) in [6.07, 6.45) is 3.10. The van der Waals surface area contributed by atoms with Crippen molar-refractivity contribution in [2.75, 3.05) is 12.4 Å². The van der Waals surface area contributed by atoms with E-state index in [2.05, 4.69) is 21.2 Å². The predicted octanol–water partition coefficient (Wildman–Crippen LogP) is 5.42. The minimum atomic E-state index is -0.277. The first-order valence-electron chi connectivity index (χ1n) is 6.27. The van der Waals surface area contributed by atoms with E-state index in [-0.39, 0.29) is 5.91 Å². The molecule has 1 N–H and O–H groups in total. The Morgan fingerprint density at radius 1 is 1.18 bits per heavy atom. The summed E-state index contributed by atoms with van der Waals surface area (Å²) in [6.45, 7) is 0. The molecule has 0 saturated heterocycles. The molecule has 0 spiro atoms. The number of amides is 1. The first-order valence-corrected chi connectivity index (χ1v) is 7.82. The minimum Gasteiger partial charge on any atom is -0.496 e. The maximum atomic E-state index is 11.9. The van der Waals surface area contributed by atoms with Gasteiger partial charge in [0.2, 0.25) is 5.91 Å². The Morgan fingerprint density at radius 3 is 2.64 bits per heavy atom. The lowest BCUT2D eigenvalue weighted by atomic mass is 10.2. The lowest BCUT2D eigenvalue weighted by molar-refractivity contribution is -0.111. The van der Waals surface area contributed by atoms with Crippen molar-refractivity contribution in [2.24, 2.45) is 0 Å². The van der Waals surface area contributed by atoms with E-state index in [4.69, 9.17) is 27.9 Å². The van der Waals surface area contributed by atoms with Crippen molar-refractivity contribution in [1.29, 1.82) is 0 Å². The average Bonchev–Trinajstić information content (AvgIpc) is 2.49. The molecule has 6 heteroatoms. The van der Waals surface area contributed by atoms with E-state index < -0.39 is 0 Å². The Bertz CT molecular complexity index is 732. The number of ether oxygens (including phenoxy) is 1. The number of hydrogen-bond acceptors (Lipinski definition) is 2. The van der Waals surface area contributed by atoms with Crippen molar-refractivity contribution >= 4 is 56.8 Å². The molecule has 0 fully saturated rings. The third-order valence-corrected chi connectivity index (χ3v) is 4.03. The molecule has 0 aliphatic rings. The monoisotopic (exact) mass is 399 g/mol. The number of carbonyl (C=O) groups excluding carboxylic acids is 1. The molecule has 2 aromatic rings. The number of hydrogen-bond donors (Lipinski definition) is 1. The number of benzene rings is 2. The van der Waals surface area contributed by atoms with Gasteiger partial charge in [0, 0.05) is 21.8 Å². The molecule has 0 saturated carbocycles. The van der Waals surface area contributed by atoms with Crippen LogP contribution in [0.1, 0.15) is 5.56 Å². The summed E-state index contributed by atoms with van der Waals surface area (Å²) < 4.78 is 6.14. The summed E-state index contributed by atoms with van der Waals surface area (Å²) in [6, 6.07) is 10.4. The van der Waals surface area contributed by atoms with E-state index in [0.29, 0.717) is 21.5 Å². The first kappa shape index (κ1) is 16.9. The zero-order valence-corrected chi connectivity index (χ0v) is 14.7. The quantitative estimate of drug-likeness (QED) is 0.696. The van der Waals surface area contributed by atoms with Crippen LogP contribution < -0.4 is 10.1 Å². The van der Waals surface area contributed by atoms with Gasteiger partial charge in [-0.3, -0.25) is 4.79 Å². The van der Waals surface area contributed by atoms with E-state index in [0.717, 1.165) is 10.0 Å². The average molecular weight is 401 g/mol. The maximum absolute atomic E-state index is 11.9. The second-order valence-corrected chi connectivity index (χ2v) is 6.07. The summed E-state index contributed by atoms with van der Waals surface area (Å²) in [5.74, 6) is 0.405. The predicted molar refractivity (Wildman–Crippen MR) is 94.8 cm³/mol. The van der Waals surface area contributed by atoms with Gasteiger partial charge in [-0.2, -0.15) is 0 Å². The zero-order valence-electron chi connectivity index (χ0n) is 11.6. The van der Waals surface area contributed by atoms with Gasteiger partial charge in [0.15, 0.2) is 0 Å². The molecule has 2 rings (SSSR count). The molecule has 0 heterocycles. The highest BCUT2D eigenvalue weighted by Gasteiger charge is 2.04. The Morgan fingerprint density at radius 2 is 1.95 bits per heavy atom. The topological polar surface area (TPSA) is 38.3 Å². The van der Waals surface area contributed by atoms with Crippen molar-refractivity contribution < 1.29 is 9.53 Å². The molecule has 0 radical (unpaired) electrons. The minimum absolute atomic E-state index is 0.277. The fraction of sp³-hybridized carbons (Fsp3) is 0.0625. The Hall–Kier alpha value is -1.49. The number of rotatable bonds is 4. The normalized spacial score (nSPS) is 10.7. The van der Waals surface area contributed by atoms with Gasteiger partial charge in [-0.25, -0.2) is 0 Å². The van der Waals surface area contributed by atoms with Crippen molar-refractivity contribution in [3.63, 3.8) is 0 Å². The number of methoxy groups -OCH3 is 1. The van der Waals surface area contributed by atoms with Crippen LogP contribution >= 0.6 is 39.1 Å². The van der Waals surface area contributed by atoms with Crippen LogP contribution in [-0.4, -0.2) is 13.0 Å². The molecule has 22 heavy (non-hydrogen) atoms. The highest BCUT2D eigenvalue weighted by atomic mass is 79.9. The van der Waals surface area contributed by atoms with Crippen LogP contribution in [0.3, 0.4) is 0 Å². The second kappa shape index (κ2) is 7.68. The summed E-state index contributed by atoms with van der Waals surface area (Å²) in [7, 11) is 1.58. The van der Waals surface area contributed by atoms with Gasteiger partial charge in [-0.1, -0.05) is 39.1 Å². The lowest BCUT2D eigenvalue weighted by Gasteiger charge is -2.06. The number of carbonyl (C=O) groups is 1. The van der Waals surface area contributed by atoms with Crippen LogP contribution in [0.25, 0.3) is 6.08 Å². The largest absolute Gasteiger partial charge is 0.496 e. The van der Waals surface area contributed by atoms with Crippen LogP contribution in [0.5, 0.6) is 5.75 Å². The first-order chi connectivity index (χ1) is 10.5. The van der Waals surface area contributed by atoms with E-state index in [1.165, 1.54) is 6.08 Å². The number of anilines is 1. The molecule has 0 aliphatic carbocycles. The molecule has 2 aromatic carbocycles. The molecular weight excluding hydrogens is 389 g/mol. The van der Waals surface area contributed by atoms with Crippen molar-refractivity contribution in [3.8, 4) is 5.75 Å². The van der Waals surface area contributed by atoms with E-state index in [1.807, 2.05) is 18.2 Å². The van der Waals surface area contributed by atoms with Gasteiger partial charge in [0.1, 0.15) is 5.75 Å². The smallest absolute Gasteiger partial charge is 0.248 e. The van der Waals surface area contributed by atoms with Crippen LogP contribution in [-0.2, 0) is 4.79 Å². The van der Waals surface area contributed by atoms with Gasteiger partial charge in [-0.15, -0.1) is 0 Å². The number of nitrogens with one attached hydrogen (secondary N) is 1. The van der Waals surface area contributed by atoms with Crippen molar-refractivity contribution in [2.45, 2.75) is 0 Å². The second-order valence-electron chi connectivity index (χ2n) is 4.34. The van der Waals surface area contributed by atoms with Gasteiger partial charge < -0.3 is 10.1 Å². The molecule has 0 bridgehead atoms. The van der Waals surface area contributed by atoms with Crippen LogP contribution in [0, 0.1) is 0 Å². The Labute approximate surface area is 147 Å². The standard InChI is InChI=1S/C16H12BrCl2NO2/c1-22-15-6-3-11(17)8-10(15)2-7-16(21)20-12-4-5-13(18)14(19)9-12/h2-9H,1H3,(H,20,21)/b7-2+. The fourth-order valence-electron chi connectivity index (χ4n) is 1.76. The number of halogens is 3. The van der Waals surface area contributed by atoms with Crippen molar-refractivity contribution in [3.05, 3.63) is 62.6 Å². The highest BCUT2D eigenvalue weighted by molar-refractivity contribution is 9.10. The van der Waals surface area contributed by atoms with E-state index in [1.54, 1.807) is 31.4 Å². The highest BCUT2D eigenvalue weighted by Crippen LogP contribution is 2.26. The van der Waals surface area contributed by atoms with E-state index in [9.17, 15) is 4.79 Å². The van der Waals surface area contributed by atoms with Crippen LogP contribution in [0.4, 0.5) is 5.69 Å². The van der Waals surface area contributed by atoms with E-state index >= 15 is 0 Å². The lowest BCUT2D eigenvalue weighted by Crippen LogP contribution is -2.07. The summed E-state index contributed by atoms with van der Waals surface area (Å²) >= 11 is 15.1.